The van der Waals surface area contributed by atoms with Crippen LogP contribution in [0, 0.1) is 11.3 Å². The number of esters is 1. The Kier molecular flexibility index (Phi) is 4.81. The first-order chi connectivity index (χ1) is 7.77. The van der Waals surface area contributed by atoms with Gasteiger partial charge in [0.25, 0.3) is 0 Å². The SMILES string of the molecule is COC(=O)/C(C#N)=C/CCc1ccccc1. The van der Waals surface area contributed by atoms with Crippen molar-refractivity contribution in [3.05, 3.63) is 47.5 Å². The number of nitrogens with zero attached hydrogens (tertiary/aromatic N) is 1. The van der Waals surface area contributed by atoms with Gasteiger partial charge in [0.1, 0.15) is 11.6 Å². The number of methoxy groups -OCH3 is 1. The number of rotatable bonds is 4. The molecule has 0 heterocycles. The van der Waals surface area contributed by atoms with Gasteiger partial charge in [-0.1, -0.05) is 36.4 Å². The van der Waals surface area contributed by atoms with Crippen LogP contribution < -0.4 is 0 Å². The Morgan fingerprint density at radius 2 is 2.12 bits per heavy atom. The van der Waals surface area contributed by atoms with Crippen LogP contribution in [0.2, 0.25) is 0 Å². The van der Waals surface area contributed by atoms with Crippen LogP contribution in [0.15, 0.2) is 42.0 Å². The van der Waals surface area contributed by atoms with Crippen molar-refractivity contribution in [3.63, 3.8) is 0 Å². The summed E-state index contributed by atoms with van der Waals surface area (Å²) in [5.74, 6) is -0.574. The van der Waals surface area contributed by atoms with Crippen molar-refractivity contribution < 1.29 is 9.53 Å². The highest BCUT2D eigenvalue weighted by atomic mass is 16.5. The third kappa shape index (κ3) is 3.58. The van der Waals surface area contributed by atoms with Crippen LogP contribution in [0.3, 0.4) is 0 Å². The first-order valence-corrected chi connectivity index (χ1v) is 5.00. The first-order valence-electron chi connectivity index (χ1n) is 5.00. The number of hydrogen-bond donors (Lipinski definition) is 0. The fraction of sp³-hybridized carbons (Fsp3) is 0.231. The first kappa shape index (κ1) is 12.0. The van der Waals surface area contributed by atoms with Crippen molar-refractivity contribution in [2.24, 2.45) is 0 Å². The van der Waals surface area contributed by atoms with Gasteiger partial charge in [-0.3, -0.25) is 0 Å². The van der Waals surface area contributed by atoms with Crippen molar-refractivity contribution in [1.29, 1.82) is 5.26 Å². The molecule has 0 unspecified atom stereocenters. The highest BCUT2D eigenvalue weighted by molar-refractivity contribution is 5.92. The highest BCUT2D eigenvalue weighted by Gasteiger charge is 2.06. The lowest BCUT2D eigenvalue weighted by Crippen LogP contribution is -2.02. The van der Waals surface area contributed by atoms with Crippen LogP contribution in [0.25, 0.3) is 0 Å². The van der Waals surface area contributed by atoms with Crippen LogP contribution in [-0.4, -0.2) is 13.1 Å². The summed E-state index contributed by atoms with van der Waals surface area (Å²) in [7, 11) is 1.27. The molecule has 0 spiro atoms. The third-order valence-corrected chi connectivity index (χ3v) is 2.15. The zero-order valence-corrected chi connectivity index (χ0v) is 9.14. The van der Waals surface area contributed by atoms with Crippen LogP contribution in [-0.2, 0) is 16.0 Å². The molecule has 3 heteroatoms. The topological polar surface area (TPSA) is 50.1 Å². The summed E-state index contributed by atoms with van der Waals surface area (Å²) in [4.78, 5) is 11.1. The maximum atomic E-state index is 11.1. The Morgan fingerprint density at radius 3 is 2.69 bits per heavy atom. The molecular weight excluding hydrogens is 202 g/mol. The van der Waals surface area contributed by atoms with Crippen LogP contribution >= 0.6 is 0 Å². The van der Waals surface area contributed by atoms with Gasteiger partial charge in [0, 0.05) is 0 Å². The molecule has 0 aliphatic heterocycles. The van der Waals surface area contributed by atoms with E-state index in [-0.39, 0.29) is 5.57 Å². The lowest BCUT2D eigenvalue weighted by atomic mass is 10.1. The van der Waals surface area contributed by atoms with Crippen molar-refractivity contribution in [2.75, 3.05) is 7.11 Å². The van der Waals surface area contributed by atoms with Gasteiger partial charge in [-0.2, -0.15) is 5.26 Å². The molecule has 0 aromatic heterocycles. The average Bonchev–Trinajstić information content (AvgIpc) is 2.35. The number of benzene rings is 1. The smallest absolute Gasteiger partial charge is 0.348 e. The van der Waals surface area contributed by atoms with Crippen LogP contribution in [0.4, 0.5) is 0 Å². The van der Waals surface area contributed by atoms with Gasteiger partial charge in [-0.05, 0) is 18.4 Å². The van der Waals surface area contributed by atoms with Crippen LogP contribution in [0.1, 0.15) is 12.0 Å². The molecule has 1 rings (SSSR count). The van der Waals surface area contributed by atoms with Gasteiger partial charge >= 0.3 is 5.97 Å². The van der Waals surface area contributed by atoms with Crippen molar-refractivity contribution in [1.82, 2.24) is 0 Å². The molecule has 0 fully saturated rings. The number of nitriles is 1. The summed E-state index contributed by atoms with van der Waals surface area (Å²) in [5, 5.41) is 8.71. The molecule has 0 amide bonds. The molecule has 0 bridgehead atoms. The second-order valence-electron chi connectivity index (χ2n) is 3.25. The maximum Gasteiger partial charge on any atom is 0.348 e. The summed E-state index contributed by atoms with van der Waals surface area (Å²) in [6, 6.07) is 11.7. The predicted octanol–water partition coefficient (Wildman–Crippen LogP) is 2.24. The Morgan fingerprint density at radius 1 is 1.44 bits per heavy atom. The molecule has 0 N–H and O–H groups in total. The summed E-state index contributed by atoms with van der Waals surface area (Å²) >= 11 is 0. The minimum absolute atomic E-state index is 0.0680. The van der Waals surface area contributed by atoms with E-state index in [1.54, 1.807) is 6.08 Å². The number of allylic oxidation sites excluding steroid dienone is 1. The third-order valence-electron chi connectivity index (χ3n) is 2.15. The molecule has 1 aromatic carbocycles. The van der Waals surface area contributed by atoms with Gasteiger partial charge in [-0.25, -0.2) is 4.79 Å². The van der Waals surface area contributed by atoms with Crippen molar-refractivity contribution in [3.8, 4) is 6.07 Å². The minimum Gasteiger partial charge on any atom is -0.465 e. The molecule has 0 saturated carbocycles. The summed E-state index contributed by atoms with van der Waals surface area (Å²) in [6.45, 7) is 0. The van der Waals surface area contributed by atoms with Crippen LogP contribution in [0.5, 0.6) is 0 Å². The van der Waals surface area contributed by atoms with E-state index in [0.29, 0.717) is 6.42 Å². The number of carbonyl (C=O) groups is 1. The Balaban J connectivity index is 2.54. The lowest BCUT2D eigenvalue weighted by Gasteiger charge is -1.98. The van der Waals surface area contributed by atoms with E-state index in [1.807, 2.05) is 36.4 Å². The van der Waals surface area contributed by atoms with Gasteiger partial charge in [0.05, 0.1) is 7.11 Å². The van der Waals surface area contributed by atoms with E-state index in [2.05, 4.69) is 4.74 Å². The molecule has 0 saturated heterocycles. The van der Waals surface area contributed by atoms with Crippen molar-refractivity contribution >= 4 is 5.97 Å². The summed E-state index contributed by atoms with van der Waals surface area (Å²) in [5.41, 5.74) is 1.25. The highest BCUT2D eigenvalue weighted by Crippen LogP contribution is 2.05. The van der Waals surface area contributed by atoms with Gasteiger partial charge in [0.2, 0.25) is 0 Å². The van der Waals surface area contributed by atoms with E-state index in [4.69, 9.17) is 5.26 Å². The minimum atomic E-state index is -0.574. The monoisotopic (exact) mass is 215 g/mol. The second-order valence-corrected chi connectivity index (χ2v) is 3.25. The summed E-state index contributed by atoms with van der Waals surface area (Å²) in [6.07, 6.45) is 3.07. The Labute approximate surface area is 95.0 Å². The second kappa shape index (κ2) is 6.41. The Bertz CT molecular complexity index is 415. The van der Waals surface area contributed by atoms with E-state index < -0.39 is 5.97 Å². The molecule has 16 heavy (non-hydrogen) atoms. The summed E-state index contributed by atoms with van der Waals surface area (Å²) < 4.78 is 4.48. The maximum absolute atomic E-state index is 11.1. The molecular formula is C13H13NO2. The number of carbonyl (C=O) groups excluding carboxylic acids is 1. The van der Waals surface area contributed by atoms with E-state index in [1.165, 1.54) is 12.7 Å². The quantitative estimate of drug-likeness (QED) is 0.439. The van der Waals surface area contributed by atoms with Gasteiger partial charge < -0.3 is 4.74 Å². The number of hydrogen-bond acceptors (Lipinski definition) is 3. The number of ether oxygens (including phenoxy) is 1. The van der Waals surface area contributed by atoms with Gasteiger partial charge in [-0.15, -0.1) is 0 Å². The van der Waals surface area contributed by atoms with E-state index >= 15 is 0 Å². The average molecular weight is 215 g/mol. The van der Waals surface area contributed by atoms with E-state index in [0.717, 1.165) is 6.42 Å². The fourth-order valence-electron chi connectivity index (χ4n) is 1.31. The molecule has 0 radical (unpaired) electrons. The molecule has 0 atom stereocenters. The van der Waals surface area contributed by atoms with E-state index in [9.17, 15) is 4.79 Å². The Hall–Kier alpha value is -2.08. The molecule has 1 aromatic rings. The molecule has 3 nitrogen and oxygen atoms in total. The molecule has 0 aliphatic rings. The number of aryl methyl sites for hydroxylation is 1. The standard InChI is InChI=1S/C13H13NO2/c1-16-13(15)12(10-14)9-5-8-11-6-3-2-4-7-11/h2-4,6-7,9H,5,8H2,1H3/b12-9+. The largest absolute Gasteiger partial charge is 0.465 e. The lowest BCUT2D eigenvalue weighted by molar-refractivity contribution is -0.135. The normalized spacial score (nSPS) is 10.6. The van der Waals surface area contributed by atoms with Crippen molar-refractivity contribution in [2.45, 2.75) is 12.8 Å². The molecule has 0 aliphatic carbocycles. The fourth-order valence-corrected chi connectivity index (χ4v) is 1.31. The zero-order valence-electron chi connectivity index (χ0n) is 9.14. The predicted molar refractivity (Wildman–Crippen MR) is 60.5 cm³/mol. The van der Waals surface area contributed by atoms with Gasteiger partial charge in [0.15, 0.2) is 0 Å². The molecule has 82 valence electrons. The zero-order chi connectivity index (χ0) is 11.8.